The van der Waals surface area contributed by atoms with Crippen LogP contribution >= 0.6 is 11.3 Å². The molecule has 0 unspecified atom stereocenters. The monoisotopic (exact) mass is 180 g/mol. The van der Waals surface area contributed by atoms with Crippen LogP contribution in [0.4, 0.5) is 0 Å². The molecule has 0 aliphatic carbocycles. The fourth-order valence-corrected chi connectivity index (χ4v) is 1.73. The first kappa shape index (κ1) is 7.58. The molecule has 62 valence electrons. The van der Waals surface area contributed by atoms with E-state index in [9.17, 15) is 0 Å². The van der Waals surface area contributed by atoms with Crippen LogP contribution in [-0.2, 0) is 9.78 Å². The summed E-state index contributed by atoms with van der Waals surface area (Å²) in [5.41, 5.74) is 1.15. The van der Waals surface area contributed by atoms with E-state index in [4.69, 9.17) is 9.78 Å². The lowest BCUT2D eigenvalue weighted by atomic mass is 10.2. The molecule has 0 spiro atoms. The molecule has 1 aromatic heterocycles. The maximum atomic E-state index is 4.88. The van der Waals surface area contributed by atoms with Gasteiger partial charge in [0, 0.05) is 4.88 Å². The average Bonchev–Trinajstić information content (AvgIpc) is 2.48. The molecule has 0 aromatic carbocycles. The quantitative estimate of drug-likeness (QED) is 0.618. The third-order valence-electron chi connectivity index (χ3n) is 1.55. The summed E-state index contributed by atoms with van der Waals surface area (Å²) in [7, 11) is 0. The van der Waals surface area contributed by atoms with Crippen LogP contribution in [0, 0.1) is 0 Å². The molecule has 0 amide bonds. The highest BCUT2D eigenvalue weighted by molar-refractivity contribution is 7.11. The minimum atomic E-state index is 0.507. The summed E-state index contributed by atoms with van der Waals surface area (Å²) in [6, 6.07) is 4.09. The van der Waals surface area contributed by atoms with E-state index in [1.807, 2.05) is 23.6 Å². The van der Waals surface area contributed by atoms with Gasteiger partial charge < -0.3 is 4.89 Å². The number of hydrogen-bond donors (Lipinski definition) is 0. The van der Waals surface area contributed by atoms with E-state index in [0.29, 0.717) is 6.61 Å². The smallest absolute Gasteiger partial charge is 0.129 e. The van der Waals surface area contributed by atoms with Crippen LogP contribution in [0.2, 0.25) is 0 Å². The molecule has 0 saturated carbocycles. The molecule has 1 aliphatic heterocycles. The van der Waals surface area contributed by atoms with Gasteiger partial charge in [-0.15, -0.1) is 11.3 Å². The zero-order valence-corrected chi connectivity index (χ0v) is 7.21. The average molecular weight is 180 g/mol. The minimum absolute atomic E-state index is 0.507. The van der Waals surface area contributed by atoms with Crippen molar-refractivity contribution in [1.29, 1.82) is 0 Å². The molecule has 0 atom stereocenters. The molecular weight excluding hydrogens is 172 g/mol. The summed E-state index contributed by atoms with van der Waals surface area (Å²) in [5, 5.41) is 2.05. The summed E-state index contributed by atoms with van der Waals surface area (Å²) < 4.78 is 0. The highest BCUT2D eigenvalue weighted by Crippen LogP contribution is 2.21. The molecule has 1 aromatic rings. The molecule has 2 heterocycles. The second-order valence-corrected chi connectivity index (χ2v) is 3.30. The largest absolute Gasteiger partial charge is 0.345 e. The first-order chi connectivity index (χ1) is 5.97. The van der Waals surface area contributed by atoms with Crippen molar-refractivity contribution < 1.29 is 9.78 Å². The van der Waals surface area contributed by atoms with E-state index in [1.54, 1.807) is 11.3 Å². The Morgan fingerprint density at radius 3 is 3.25 bits per heavy atom. The zero-order chi connectivity index (χ0) is 8.23. The Bertz CT molecular complexity index is 298. The summed E-state index contributed by atoms with van der Waals surface area (Å²) in [6.45, 7) is 0.507. The van der Waals surface area contributed by atoms with Crippen molar-refractivity contribution in [3.05, 3.63) is 40.8 Å². The van der Waals surface area contributed by atoms with E-state index in [-0.39, 0.29) is 0 Å². The predicted octanol–water partition coefficient (Wildman–Crippen LogP) is 2.61. The van der Waals surface area contributed by atoms with Gasteiger partial charge in [0.25, 0.3) is 0 Å². The van der Waals surface area contributed by atoms with Gasteiger partial charge in [-0.1, -0.05) is 12.1 Å². The maximum absolute atomic E-state index is 4.88. The molecule has 0 fully saturated rings. The Morgan fingerprint density at radius 2 is 2.42 bits per heavy atom. The van der Waals surface area contributed by atoms with Gasteiger partial charge in [-0.2, -0.15) is 4.89 Å². The lowest BCUT2D eigenvalue weighted by Gasteiger charge is -2.00. The Labute approximate surface area is 74.7 Å². The van der Waals surface area contributed by atoms with Gasteiger partial charge in [0.15, 0.2) is 0 Å². The van der Waals surface area contributed by atoms with Crippen molar-refractivity contribution >= 4 is 16.9 Å². The number of thiophene rings is 1. The Morgan fingerprint density at radius 1 is 1.42 bits per heavy atom. The summed E-state index contributed by atoms with van der Waals surface area (Å²) in [6.07, 6.45) is 5.36. The Kier molecular flexibility index (Phi) is 2.25. The third kappa shape index (κ3) is 1.57. The van der Waals surface area contributed by atoms with Crippen LogP contribution < -0.4 is 0 Å². The lowest BCUT2D eigenvalue weighted by molar-refractivity contribution is -0.235. The molecule has 2 rings (SSSR count). The summed E-state index contributed by atoms with van der Waals surface area (Å²) >= 11 is 1.70. The van der Waals surface area contributed by atoms with Gasteiger partial charge in [-0.25, -0.2) is 0 Å². The second-order valence-electron chi connectivity index (χ2n) is 2.36. The number of rotatable bonds is 1. The van der Waals surface area contributed by atoms with Crippen LogP contribution in [-0.4, -0.2) is 6.61 Å². The third-order valence-corrected chi connectivity index (χ3v) is 2.50. The second kappa shape index (κ2) is 3.56. The maximum Gasteiger partial charge on any atom is 0.129 e. The van der Waals surface area contributed by atoms with Gasteiger partial charge >= 0.3 is 0 Å². The first-order valence-electron chi connectivity index (χ1n) is 3.65. The molecule has 0 N–H and O–H groups in total. The fourth-order valence-electron chi connectivity index (χ4n) is 0.987. The van der Waals surface area contributed by atoms with Gasteiger partial charge in [0.1, 0.15) is 12.9 Å². The Hall–Kier alpha value is -1.06. The molecule has 12 heavy (non-hydrogen) atoms. The van der Waals surface area contributed by atoms with Crippen LogP contribution in [0.15, 0.2) is 35.9 Å². The summed E-state index contributed by atoms with van der Waals surface area (Å²) in [5.74, 6) is 0. The van der Waals surface area contributed by atoms with Crippen molar-refractivity contribution in [3.63, 3.8) is 0 Å². The normalized spacial score (nSPS) is 16.5. The highest BCUT2D eigenvalue weighted by atomic mass is 32.1. The van der Waals surface area contributed by atoms with Gasteiger partial charge in [-0.3, -0.25) is 0 Å². The molecule has 3 heteroatoms. The van der Waals surface area contributed by atoms with Crippen LogP contribution in [0.1, 0.15) is 4.88 Å². The lowest BCUT2D eigenvalue weighted by Crippen LogP contribution is -1.92. The van der Waals surface area contributed by atoms with E-state index in [1.165, 1.54) is 11.1 Å². The van der Waals surface area contributed by atoms with E-state index < -0.39 is 0 Å². The van der Waals surface area contributed by atoms with Gasteiger partial charge in [0.05, 0.1) is 0 Å². The van der Waals surface area contributed by atoms with E-state index in [0.717, 1.165) is 5.57 Å². The van der Waals surface area contributed by atoms with Crippen molar-refractivity contribution in [1.82, 2.24) is 0 Å². The standard InChI is InChI=1S/C9H8O2S/c1-3-8(7-11-10-5-1)9-4-2-6-12-9/h1-6H,7H2. The highest BCUT2D eigenvalue weighted by Gasteiger charge is 2.03. The number of allylic oxidation sites excluding steroid dienone is 2. The number of hydrogen-bond acceptors (Lipinski definition) is 3. The van der Waals surface area contributed by atoms with Crippen LogP contribution in [0.25, 0.3) is 5.57 Å². The molecule has 2 nitrogen and oxygen atoms in total. The van der Waals surface area contributed by atoms with E-state index >= 15 is 0 Å². The fraction of sp³-hybridized carbons (Fsp3) is 0.111. The van der Waals surface area contributed by atoms with Crippen LogP contribution in [0.3, 0.4) is 0 Å². The molecule has 0 radical (unpaired) electrons. The van der Waals surface area contributed by atoms with Crippen LogP contribution in [0.5, 0.6) is 0 Å². The predicted molar refractivity (Wildman–Crippen MR) is 48.5 cm³/mol. The summed E-state index contributed by atoms with van der Waals surface area (Å²) in [4.78, 5) is 10.8. The SMILES string of the molecule is C1=COOCC(c2cccs2)=C1. The first-order valence-corrected chi connectivity index (χ1v) is 4.52. The van der Waals surface area contributed by atoms with Crippen molar-refractivity contribution in [2.45, 2.75) is 0 Å². The van der Waals surface area contributed by atoms with Crippen molar-refractivity contribution in [3.8, 4) is 0 Å². The van der Waals surface area contributed by atoms with Crippen molar-refractivity contribution in [2.24, 2.45) is 0 Å². The minimum Gasteiger partial charge on any atom is -0.345 e. The zero-order valence-electron chi connectivity index (χ0n) is 6.40. The van der Waals surface area contributed by atoms with Gasteiger partial charge in [0.2, 0.25) is 0 Å². The van der Waals surface area contributed by atoms with E-state index in [2.05, 4.69) is 6.07 Å². The molecular formula is C9H8O2S. The molecule has 1 aliphatic rings. The molecule has 0 bridgehead atoms. The van der Waals surface area contributed by atoms with Crippen molar-refractivity contribution in [2.75, 3.05) is 6.61 Å². The Balaban J connectivity index is 2.23. The molecule has 0 saturated heterocycles. The van der Waals surface area contributed by atoms with Gasteiger partial charge in [-0.05, 0) is 23.1 Å². The topological polar surface area (TPSA) is 18.5 Å².